The van der Waals surface area contributed by atoms with Gasteiger partial charge in [0.25, 0.3) is 0 Å². The Morgan fingerprint density at radius 1 is 1.42 bits per heavy atom. The molecule has 0 aliphatic rings. The van der Waals surface area contributed by atoms with Gasteiger partial charge in [-0.25, -0.2) is 9.18 Å². The van der Waals surface area contributed by atoms with Gasteiger partial charge in [0, 0.05) is 18.0 Å². The van der Waals surface area contributed by atoms with E-state index in [9.17, 15) is 9.18 Å². The predicted octanol–water partition coefficient (Wildman–Crippen LogP) is 3.67. The zero-order valence-electron chi connectivity index (χ0n) is 9.85. The molecule has 0 saturated heterocycles. The highest BCUT2D eigenvalue weighted by atomic mass is 35.5. The fraction of sp³-hybridized carbons (Fsp3) is 0.0769. The smallest absolute Gasteiger partial charge is 0.341 e. The Bertz CT molecular complexity index is 646. The van der Waals surface area contributed by atoms with Crippen LogP contribution in [0, 0.1) is 12.7 Å². The lowest BCUT2D eigenvalue weighted by Crippen LogP contribution is -2.02. The molecule has 0 aliphatic carbocycles. The third-order valence-electron chi connectivity index (χ3n) is 2.37. The minimum atomic E-state index is -1.20. The molecule has 2 aromatic rings. The lowest BCUT2D eigenvalue weighted by Gasteiger charge is -2.10. The zero-order chi connectivity index (χ0) is 14.0. The van der Waals surface area contributed by atoms with Crippen molar-refractivity contribution in [2.45, 2.75) is 6.92 Å². The zero-order valence-corrected chi connectivity index (χ0v) is 10.6. The lowest BCUT2D eigenvalue weighted by atomic mass is 10.2. The van der Waals surface area contributed by atoms with Crippen molar-refractivity contribution in [3.8, 4) is 11.5 Å². The first-order valence-corrected chi connectivity index (χ1v) is 5.68. The Balaban J connectivity index is 2.45. The molecule has 0 saturated carbocycles. The summed E-state index contributed by atoms with van der Waals surface area (Å²) in [7, 11) is 0. The minimum Gasteiger partial charge on any atom is -0.477 e. The van der Waals surface area contributed by atoms with Gasteiger partial charge in [0.15, 0.2) is 11.6 Å². The molecule has 98 valence electrons. The molecular weight excluding hydrogens is 273 g/mol. The van der Waals surface area contributed by atoms with Gasteiger partial charge in [-0.2, -0.15) is 0 Å². The van der Waals surface area contributed by atoms with E-state index in [0.29, 0.717) is 5.69 Å². The average Bonchev–Trinajstić information content (AvgIpc) is 2.35. The molecule has 0 aliphatic heterocycles. The molecule has 0 fully saturated rings. The molecule has 0 atom stereocenters. The SMILES string of the molecule is Cc1cc(Oc2cccc(Cl)c2F)c(C(=O)O)cn1. The number of carbonyl (C=O) groups is 1. The summed E-state index contributed by atoms with van der Waals surface area (Å²) in [5.74, 6) is -2.07. The fourth-order valence-corrected chi connectivity index (χ4v) is 1.63. The topological polar surface area (TPSA) is 59.4 Å². The molecule has 1 aromatic heterocycles. The third kappa shape index (κ3) is 2.82. The number of aryl methyl sites for hydroxylation is 1. The van der Waals surface area contributed by atoms with Crippen molar-refractivity contribution in [3.63, 3.8) is 0 Å². The van der Waals surface area contributed by atoms with E-state index < -0.39 is 11.8 Å². The maximum Gasteiger partial charge on any atom is 0.341 e. The number of hydrogen-bond donors (Lipinski definition) is 1. The van der Waals surface area contributed by atoms with Gasteiger partial charge < -0.3 is 9.84 Å². The van der Waals surface area contributed by atoms with E-state index in [1.54, 1.807) is 6.92 Å². The minimum absolute atomic E-state index is 0.0150. The van der Waals surface area contributed by atoms with Gasteiger partial charge >= 0.3 is 5.97 Å². The molecule has 0 spiro atoms. The van der Waals surface area contributed by atoms with E-state index in [0.717, 1.165) is 6.20 Å². The number of halogens is 2. The number of carboxylic acids is 1. The second kappa shape index (κ2) is 5.24. The van der Waals surface area contributed by atoms with Crippen molar-refractivity contribution in [1.29, 1.82) is 0 Å². The van der Waals surface area contributed by atoms with Crippen LogP contribution in [0.25, 0.3) is 0 Å². The molecule has 4 nitrogen and oxygen atoms in total. The predicted molar refractivity (Wildman–Crippen MR) is 67.4 cm³/mol. The fourth-order valence-electron chi connectivity index (χ4n) is 1.46. The summed E-state index contributed by atoms with van der Waals surface area (Å²) in [5, 5.41) is 8.92. The number of aromatic carboxylic acids is 1. The molecule has 1 N–H and O–H groups in total. The quantitative estimate of drug-likeness (QED) is 0.932. The van der Waals surface area contributed by atoms with E-state index in [1.165, 1.54) is 24.3 Å². The Kier molecular flexibility index (Phi) is 3.66. The Morgan fingerprint density at radius 2 is 2.16 bits per heavy atom. The van der Waals surface area contributed by atoms with Gasteiger partial charge in [-0.15, -0.1) is 0 Å². The van der Waals surface area contributed by atoms with Crippen LogP contribution in [0.2, 0.25) is 5.02 Å². The number of benzene rings is 1. The standard InChI is InChI=1S/C13H9ClFNO3/c1-7-5-11(8(6-16-7)13(17)18)19-10-4-2-3-9(14)12(10)15/h2-6H,1H3,(H,17,18). The summed E-state index contributed by atoms with van der Waals surface area (Å²) in [6, 6.07) is 5.67. The third-order valence-corrected chi connectivity index (χ3v) is 2.66. The Hall–Kier alpha value is -2.14. The number of nitrogens with zero attached hydrogens (tertiary/aromatic N) is 1. The highest BCUT2D eigenvalue weighted by Crippen LogP contribution is 2.30. The highest BCUT2D eigenvalue weighted by molar-refractivity contribution is 6.30. The Labute approximate surface area is 113 Å². The van der Waals surface area contributed by atoms with Crippen molar-refractivity contribution in [2.24, 2.45) is 0 Å². The van der Waals surface area contributed by atoms with Crippen molar-refractivity contribution in [2.75, 3.05) is 0 Å². The van der Waals surface area contributed by atoms with Crippen LogP contribution in [-0.2, 0) is 0 Å². The monoisotopic (exact) mass is 281 g/mol. The number of rotatable bonds is 3. The summed E-state index contributed by atoms with van der Waals surface area (Å²) < 4.78 is 19.0. The number of ether oxygens (including phenoxy) is 1. The second-order valence-corrected chi connectivity index (χ2v) is 4.19. The molecule has 6 heteroatoms. The van der Waals surface area contributed by atoms with Gasteiger partial charge in [-0.3, -0.25) is 4.98 Å². The van der Waals surface area contributed by atoms with Gasteiger partial charge in [0.1, 0.15) is 11.3 Å². The maximum atomic E-state index is 13.7. The van der Waals surface area contributed by atoms with Crippen molar-refractivity contribution >= 4 is 17.6 Å². The van der Waals surface area contributed by atoms with E-state index in [-0.39, 0.29) is 22.1 Å². The molecule has 1 heterocycles. The van der Waals surface area contributed by atoms with Gasteiger partial charge in [-0.1, -0.05) is 17.7 Å². The summed E-state index contributed by atoms with van der Waals surface area (Å²) in [4.78, 5) is 14.9. The first kappa shape index (κ1) is 13.3. The summed E-state index contributed by atoms with van der Waals surface area (Å²) in [6.45, 7) is 1.67. The van der Waals surface area contributed by atoms with Gasteiger partial charge in [0.05, 0.1) is 5.02 Å². The maximum absolute atomic E-state index is 13.7. The molecule has 2 rings (SSSR count). The largest absolute Gasteiger partial charge is 0.477 e. The number of aromatic nitrogens is 1. The lowest BCUT2D eigenvalue weighted by molar-refractivity contribution is 0.0693. The molecule has 1 aromatic carbocycles. The van der Waals surface area contributed by atoms with E-state index in [1.807, 2.05) is 0 Å². The first-order valence-electron chi connectivity index (χ1n) is 5.31. The molecular formula is C13H9ClFNO3. The van der Waals surface area contributed by atoms with Crippen molar-refractivity contribution in [1.82, 2.24) is 4.98 Å². The van der Waals surface area contributed by atoms with E-state index in [4.69, 9.17) is 21.4 Å². The second-order valence-electron chi connectivity index (χ2n) is 3.78. The van der Waals surface area contributed by atoms with Gasteiger partial charge in [-0.05, 0) is 19.1 Å². The molecule has 0 radical (unpaired) electrons. The van der Waals surface area contributed by atoms with Crippen molar-refractivity contribution < 1.29 is 19.0 Å². The van der Waals surface area contributed by atoms with Crippen LogP contribution in [0.1, 0.15) is 16.1 Å². The highest BCUT2D eigenvalue weighted by Gasteiger charge is 2.15. The Morgan fingerprint density at radius 3 is 2.84 bits per heavy atom. The van der Waals surface area contributed by atoms with Crippen LogP contribution in [0.15, 0.2) is 30.5 Å². The average molecular weight is 282 g/mol. The number of carboxylic acid groups (broad SMARTS) is 1. The molecule has 0 bridgehead atoms. The number of pyridine rings is 1. The van der Waals surface area contributed by atoms with Crippen LogP contribution in [0.4, 0.5) is 4.39 Å². The molecule has 0 unspecified atom stereocenters. The van der Waals surface area contributed by atoms with Crippen LogP contribution in [-0.4, -0.2) is 16.1 Å². The van der Waals surface area contributed by atoms with E-state index in [2.05, 4.69) is 4.98 Å². The van der Waals surface area contributed by atoms with Crippen molar-refractivity contribution in [3.05, 3.63) is 52.6 Å². The summed E-state index contributed by atoms with van der Waals surface area (Å²) >= 11 is 5.63. The van der Waals surface area contributed by atoms with Crippen LogP contribution < -0.4 is 4.74 Å². The normalized spacial score (nSPS) is 10.3. The summed E-state index contributed by atoms with van der Waals surface area (Å²) in [5.41, 5.74) is 0.410. The first-order chi connectivity index (χ1) is 8.99. The number of hydrogen-bond acceptors (Lipinski definition) is 3. The summed E-state index contributed by atoms with van der Waals surface area (Å²) in [6.07, 6.45) is 1.16. The molecule has 19 heavy (non-hydrogen) atoms. The van der Waals surface area contributed by atoms with Gasteiger partial charge in [0.2, 0.25) is 0 Å². The van der Waals surface area contributed by atoms with Crippen LogP contribution in [0.3, 0.4) is 0 Å². The van der Waals surface area contributed by atoms with E-state index >= 15 is 0 Å². The van der Waals surface area contributed by atoms with Crippen LogP contribution in [0.5, 0.6) is 11.5 Å². The van der Waals surface area contributed by atoms with Crippen LogP contribution >= 0.6 is 11.6 Å². The molecule has 0 amide bonds.